The Hall–Kier alpha value is -4.21. The van der Waals surface area contributed by atoms with Gasteiger partial charge >= 0.3 is 0 Å². The Balaban J connectivity index is 0.000000514. The molecule has 1 aliphatic heterocycles. The number of nitrogens with two attached hydrogens (primary N) is 2. The van der Waals surface area contributed by atoms with E-state index < -0.39 is 15.7 Å². The van der Waals surface area contributed by atoms with Crippen molar-refractivity contribution in [1.82, 2.24) is 10.3 Å². The molecule has 2 heterocycles. The van der Waals surface area contributed by atoms with E-state index in [1.807, 2.05) is 36.4 Å². The van der Waals surface area contributed by atoms with Crippen molar-refractivity contribution in [2.75, 3.05) is 6.26 Å². The van der Waals surface area contributed by atoms with Crippen molar-refractivity contribution in [3.63, 3.8) is 0 Å². The molecule has 6 N–H and O–H groups in total. The summed E-state index contributed by atoms with van der Waals surface area (Å²) in [5.41, 5.74) is 16.3. The number of benzene rings is 3. The second-order valence-electron chi connectivity index (χ2n) is 7.97. The van der Waals surface area contributed by atoms with E-state index in [-0.39, 0.29) is 10.8 Å². The van der Waals surface area contributed by atoms with Crippen LogP contribution < -0.4 is 16.8 Å². The maximum absolute atomic E-state index is 12.3. The molecule has 0 atom stereocenters. The summed E-state index contributed by atoms with van der Waals surface area (Å²) in [6.07, 6.45) is 4.24. The number of aromatic amines is 1. The number of rotatable bonds is 5. The van der Waals surface area contributed by atoms with Gasteiger partial charge in [-0.2, -0.15) is 0 Å². The molecule has 3 aromatic carbocycles. The standard InChI is InChI=1S/C23H21N3O3S.C3H3NO/c1-30(28,29)21-9-5-4-8-17(21)20-12-19-16(15-7-3-2-6-14(15)13-24)10-11-18(23(25)27)22(19)26-20;5-3-1-2-4-3/h2-12,26H,13,24H2,1H3,(H2,25,27);1-2H,(H,4,5). The minimum atomic E-state index is -3.45. The highest BCUT2D eigenvalue weighted by atomic mass is 32.2. The van der Waals surface area contributed by atoms with Gasteiger partial charge in [-0.05, 0) is 34.9 Å². The number of hydrogen-bond acceptors (Lipinski definition) is 5. The highest BCUT2D eigenvalue weighted by Crippen LogP contribution is 2.37. The van der Waals surface area contributed by atoms with Crippen molar-refractivity contribution in [1.29, 1.82) is 0 Å². The van der Waals surface area contributed by atoms with Gasteiger partial charge < -0.3 is 21.8 Å². The lowest BCUT2D eigenvalue weighted by Gasteiger charge is -2.10. The van der Waals surface area contributed by atoms with E-state index in [0.717, 1.165) is 22.1 Å². The normalized spacial score (nSPS) is 12.5. The van der Waals surface area contributed by atoms with Crippen LogP contribution in [0.4, 0.5) is 0 Å². The molecule has 2 amide bonds. The number of aromatic nitrogens is 1. The topological polar surface area (TPSA) is 148 Å². The third-order valence-electron chi connectivity index (χ3n) is 5.62. The number of fused-ring (bicyclic) bond motifs is 1. The molecule has 5 rings (SSSR count). The molecule has 8 nitrogen and oxygen atoms in total. The van der Waals surface area contributed by atoms with Crippen molar-refractivity contribution >= 4 is 32.6 Å². The van der Waals surface area contributed by atoms with E-state index in [9.17, 15) is 18.0 Å². The zero-order valence-electron chi connectivity index (χ0n) is 18.9. The molecular weight excluding hydrogens is 464 g/mol. The molecule has 1 aromatic heterocycles. The quantitative estimate of drug-likeness (QED) is 0.341. The maximum Gasteiger partial charge on any atom is 0.250 e. The Morgan fingerprint density at radius 3 is 2.14 bits per heavy atom. The SMILES string of the molecule is CS(=O)(=O)c1ccccc1-c1cc2c(-c3ccccc3CN)ccc(C(N)=O)c2[nH]1.O=C1C=CN1. The van der Waals surface area contributed by atoms with Crippen LogP contribution in [0.3, 0.4) is 0 Å². The van der Waals surface area contributed by atoms with Gasteiger partial charge in [-0.1, -0.05) is 48.5 Å². The molecule has 0 unspecified atom stereocenters. The molecule has 0 spiro atoms. The number of sulfone groups is 1. The van der Waals surface area contributed by atoms with Crippen LogP contribution >= 0.6 is 0 Å². The number of carbonyl (C=O) groups is 2. The highest BCUT2D eigenvalue weighted by Gasteiger charge is 2.19. The molecule has 0 radical (unpaired) electrons. The highest BCUT2D eigenvalue weighted by molar-refractivity contribution is 7.90. The fourth-order valence-electron chi connectivity index (χ4n) is 3.93. The van der Waals surface area contributed by atoms with Gasteiger partial charge in [0, 0.05) is 41.7 Å². The van der Waals surface area contributed by atoms with Gasteiger partial charge in [-0.15, -0.1) is 0 Å². The zero-order chi connectivity index (χ0) is 25.2. The number of H-pyrrole nitrogens is 1. The van der Waals surface area contributed by atoms with Gasteiger partial charge in [0.15, 0.2) is 9.84 Å². The third-order valence-corrected chi connectivity index (χ3v) is 6.78. The van der Waals surface area contributed by atoms with E-state index in [1.54, 1.807) is 36.5 Å². The molecule has 0 aliphatic carbocycles. The molecule has 0 saturated carbocycles. The minimum Gasteiger partial charge on any atom is -0.366 e. The van der Waals surface area contributed by atoms with Crippen LogP contribution in [-0.2, 0) is 21.2 Å². The molecule has 4 aromatic rings. The lowest BCUT2D eigenvalue weighted by Crippen LogP contribution is -2.22. The minimum absolute atomic E-state index is 0.00463. The molecule has 9 heteroatoms. The van der Waals surface area contributed by atoms with Crippen LogP contribution in [0.2, 0.25) is 0 Å². The van der Waals surface area contributed by atoms with Crippen molar-refractivity contribution < 1.29 is 18.0 Å². The molecular formula is C26H24N4O4S. The Labute approximate surface area is 202 Å². The number of carbonyl (C=O) groups excluding carboxylic acids is 2. The Kier molecular flexibility index (Phi) is 6.54. The summed E-state index contributed by atoms with van der Waals surface area (Å²) in [5.74, 6) is -0.562. The van der Waals surface area contributed by atoms with Crippen molar-refractivity contribution in [3.8, 4) is 22.4 Å². The molecule has 0 saturated heterocycles. The summed E-state index contributed by atoms with van der Waals surface area (Å²) < 4.78 is 24.6. The van der Waals surface area contributed by atoms with Crippen molar-refractivity contribution in [2.24, 2.45) is 11.5 Å². The lowest BCUT2D eigenvalue weighted by molar-refractivity contribution is -0.117. The number of hydrogen-bond donors (Lipinski definition) is 4. The largest absolute Gasteiger partial charge is 0.366 e. The summed E-state index contributed by atoms with van der Waals surface area (Å²) in [6, 6.07) is 19.9. The van der Waals surface area contributed by atoms with Gasteiger partial charge in [0.2, 0.25) is 5.91 Å². The van der Waals surface area contributed by atoms with Crippen LogP contribution in [-0.4, -0.2) is 31.5 Å². The van der Waals surface area contributed by atoms with Crippen LogP contribution in [0.25, 0.3) is 33.3 Å². The fourth-order valence-corrected chi connectivity index (χ4v) is 4.83. The molecule has 178 valence electrons. The second kappa shape index (κ2) is 9.57. The Bertz CT molecular complexity index is 1590. The first-order chi connectivity index (χ1) is 16.7. The number of amides is 2. The van der Waals surface area contributed by atoms with Gasteiger partial charge in [0.05, 0.1) is 16.0 Å². The number of primary amides is 1. The second-order valence-corrected chi connectivity index (χ2v) is 9.95. The summed E-state index contributed by atoms with van der Waals surface area (Å²) >= 11 is 0. The van der Waals surface area contributed by atoms with E-state index >= 15 is 0 Å². The first-order valence-electron chi connectivity index (χ1n) is 10.7. The smallest absolute Gasteiger partial charge is 0.250 e. The van der Waals surface area contributed by atoms with E-state index in [2.05, 4.69) is 10.3 Å². The molecule has 0 bridgehead atoms. The zero-order valence-corrected chi connectivity index (χ0v) is 19.7. The first kappa shape index (κ1) is 23.9. The molecule has 1 aliphatic rings. The van der Waals surface area contributed by atoms with Gasteiger partial charge in [0.25, 0.3) is 5.91 Å². The third kappa shape index (κ3) is 4.86. The average Bonchev–Trinajstić information content (AvgIpc) is 3.27. The molecule has 35 heavy (non-hydrogen) atoms. The first-order valence-corrected chi connectivity index (χ1v) is 12.6. The van der Waals surface area contributed by atoms with Crippen molar-refractivity contribution in [2.45, 2.75) is 11.4 Å². The van der Waals surface area contributed by atoms with Gasteiger partial charge in [0.1, 0.15) is 0 Å². The van der Waals surface area contributed by atoms with Gasteiger partial charge in [-0.25, -0.2) is 8.42 Å². The van der Waals surface area contributed by atoms with Crippen LogP contribution in [0, 0.1) is 0 Å². The molecule has 0 fully saturated rings. The van der Waals surface area contributed by atoms with Crippen LogP contribution in [0.5, 0.6) is 0 Å². The Morgan fingerprint density at radius 2 is 1.57 bits per heavy atom. The van der Waals surface area contributed by atoms with Crippen LogP contribution in [0.15, 0.2) is 83.9 Å². The van der Waals surface area contributed by atoms with E-state index in [4.69, 9.17) is 11.5 Å². The number of nitrogens with one attached hydrogen (secondary N) is 2. The monoisotopic (exact) mass is 488 g/mol. The summed E-state index contributed by atoms with van der Waals surface area (Å²) in [5, 5.41) is 3.16. The predicted octanol–water partition coefficient (Wildman–Crippen LogP) is 3.09. The average molecular weight is 489 g/mol. The van der Waals surface area contributed by atoms with Crippen LogP contribution in [0.1, 0.15) is 15.9 Å². The Morgan fingerprint density at radius 1 is 0.943 bits per heavy atom. The maximum atomic E-state index is 12.3. The summed E-state index contributed by atoms with van der Waals surface area (Å²) in [4.78, 5) is 25.2. The summed E-state index contributed by atoms with van der Waals surface area (Å²) in [6.45, 7) is 0.365. The fraction of sp³-hybridized carbons (Fsp3) is 0.0769. The van der Waals surface area contributed by atoms with Crippen molar-refractivity contribution in [3.05, 3.63) is 90.1 Å². The van der Waals surface area contributed by atoms with E-state index in [1.165, 1.54) is 12.3 Å². The van der Waals surface area contributed by atoms with E-state index in [0.29, 0.717) is 28.9 Å². The summed E-state index contributed by atoms with van der Waals surface area (Å²) in [7, 11) is -3.45. The predicted molar refractivity (Wildman–Crippen MR) is 136 cm³/mol. The lowest BCUT2D eigenvalue weighted by atomic mass is 9.95. The van der Waals surface area contributed by atoms with Gasteiger partial charge in [-0.3, -0.25) is 9.59 Å².